The molecule has 0 radical (unpaired) electrons. The van der Waals surface area contributed by atoms with Crippen molar-refractivity contribution in [1.29, 1.82) is 0 Å². The standard InChI is InChI=1S/C12H15BrF3NO2/c1-18-3-2-17-7-9-4-10(13)6-11(5-9)19-8-12(14,15)16/h4-6,17H,2-3,7-8H2,1H3. The summed E-state index contributed by atoms with van der Waals surface area (Å²) in [5.74, 6) is 0.190. The molecule has 0 aliphatic rings. The van der Waals surface area contributed by atoms with E-state index >= 15 is 0 Å². The maximum atomic E-state index is 12.1. The Morgan fingerprint density at radius 3 is 2.63 bits per heavy atom. The smallest absolute Gasteiger partial charge is 0.422 e. The van der Waals surface area contributed by atoms with Crippen LogP contribution in [0.2, 0.25) is 0 Å². The van der Waals surface area contributed by atoms with Gasteiger partial charge in [-0.15, -0.1) is 0 Å². The average molecular weight is 342 g/mol. The van der Waals surface area contributed by atoms with Gasteiger partial charge < -0.3 is 14.8 Å². The number of ether oxygens (including phenoxy) is 2. The normalized spacial score (nSPS) is 11.6. The number of halogens is 4. The topological polar surface area (TPSA) is 30.5 Å². The first kappa shape index (κ1) is 16.3. The lowest BCUT2D eigenvalue weighted by Gasteiger charge is -2.11. The van der Waals surface area contributed by atoms with Crippen LogP contribution in [0.25, 0.3) is 0 Å². The highest BCUT2D eigenvalue weighted by atomic mass is 79.9. The van der Waals surface area contributed by atoms with Crippen LogP contribution in [0.3, 0.4) is 0 Å². The van der Waals surface area contributed by atoms with Gasteiger partial charge in [-0.25, -0.2) is 0 Å². The van der Waals surface area contributed by atoms with Crippen LogP contribution < -0.4 is 10.1 Å². The van der Waals surface area contributed by atoms with E-state index in [4.69, 9.17) is 9.47 Å². The van der Waals surface area contributed by atoms with Crippen LogP contribution in [0.5, 0.6) is 5.75 Å². The zero-order chi connectivity index (χ0) is 14.3. The molecule has 1 N–H and O–H groups in total. The highest BCUT2D eigenvalue weighted by Gasteiger charge is 2.28. The third-order valence-corrected chi connectivity index (χ3v) is 2.60. The van der Waals surface area contributed by atoms with Crippen LogP contribution in [-0.4, -0.2) is 33.0 Å². The Balaban J connectivity index is 2.56. The molecular formula is C12H15BrF3NO2. The molecule has 0 saturated heterocycles. The maximum Gasteiger partial charge on any atom is 0.422 e. The Bertz CT molecular complexity index is 399. The summed E-state index contributed by atoms with van der Waals surface area (Å²) >= 11 is 3.24. The minimum Gasteiger partial charge on any atom is -0.484 e. The molecule has 0 amide bonds. The van der Waals surface area contributed by atoms with E-state index in [0.717, 1.165) is 5.56 Å². The van der Waals surface area contributed by atoms with E-state index in [9.17, 15) is 13.2 Å². The third-order valence-electron chi connectivity index (χ3n) is 2.15. The van der Waals surface area contributed by atoms with Gasteiger partial charge in [0.1, 0.15) is 5.75 Å². The van der Waals surface area contributed by atoms with E-state index in [2.05, 4.69) is 21.2 Å². The largest absolute Gasteiger partial charge is 0.484 e. The first-order valence-electron chi connectivity index (χ1n) is 5.59. The van der Waals surface area contributed by atoms with E-state index in [1.807, 2.05) is 6.07 Å². The number of rotatable bonds is 7. The van der Waals surface area contributed by atoms with Crippen LogP contribution in [0, 0.1) is 0 Å². The van der Waals surface area contributed by atoms with Crippen molar-refractivity contribution in [3.8, 4) is 5.75 Å². The van der Waals surface area contributed by atoms with Crippen molar-refractivity contribution >= 4 is 15.9 Å². The lowest BCUT2D eigenvalue weighted by molar-refractivity contribution is -0.153. The molecule has 0 aliphatic carbocycles. The summed E-state index contributed by atoms with van der Waals surface area (Å²) in [5, 5.41) is 3.11. The molecule has 0 saturated carbocycles. The van der Waals surface area contributed by atoms with Gasteiger partial charge in [-0.3, -0.25) is 0 Å². The molecule has 19 heavy (non-hydrogen) atoms. The van der Waals surface area contributed by atoms with Crippen LogP contribution in [0.4, 0.5) is 13.2 Å². The molecule has 108 valence electrons. The fraction of sp³-hybridized carbons (Fsp3) is 0.500. The SMILES string of the molecule is COCCNCc1cc(Br)cc(OCC(F)(F)F)c1. The second-order valence-corrected chi connectivity index (χ2v) is 4.78. The zero-order valence-corrected chi connectivity index (χ0v) is 12.0. The van der Waals surface area contributed by atoms with Gasteiger partial charge in [0.15, 0.2) is 6.61 Å². The highest BCUT2D eigenvalue weighted by molar-refractivity contribution is 9.10. The summed E-state index contributed by atoms with van der Waals surface area (Å²) in [6.45, 7) is 0.484. The van der Waals surface area contributed by atoms with Crippen molar-refractivity contribution in [3.05, 3.63) is 28.2 Å². The molecule has 0 heterocycles. The van der Waals surface area contributed by atoms with Crippen molar-refractivity contribution in [1.82, 2.24) is 5.32 Å². The molecule has 0 fully saturated rings. The number of nitrogens with one attached hydrogen (secondary N) is 1. The molecule has 1 rings (SSSR count). The molecule has 0 spiro atoms. The van der Waals surface area contributed by atoms with Gasteiger partial charge in [-0.1, -0.05) is 15.9 Å². The number of alkyl halides is 3. The number of methoxy groups -OCH3 is 1. The molecule has 0 unspecified atom stereocenters. The van der Waals surface area contributed by atoms with Crippen LogP contribution in [0.1, 0.15) is 5.56 Å². The summed E-state index contributed by atoms with van der Waals surface area (Å²) in [5.41, 5.74) is 0.836. The van der Waals surface area contributed by atoms with E-state index < -0.39 is 12.8 Å². The second-order valence-electron chi connectivity index (χ2n) is 3.87. The zero-order valence-electron chi connectivity index (χ0n) is 10.4. The molecule has 1 aromatic rings. The van der Waals surface area contributed by atoms with Gasteiger partial charge >= 0.3 is 6.18 Å². The minimum atomic E-state index is -4.33. The second kappa shape index (κ2) is 7.72. The molecule has 7 heteroatoms. The predicted octanol–water partition coefficient (Wildman–Crippen LogP) is 3.13. The van der Waals surface area contributed by atoms with Gasteiger partial charge in [-0.2, -0.15) is 13.2 Å². The fourth-order valence-electron chi connectivity index (χ4n) is 1.38. The van der Waals surface area contributed by atoms with Crippen LogP contribution in [-0.2, 0) is 11.3 Å². The quantitative estimate of drug-likeness (QED) is 0.773. The summed E-state index contributed by atoms with van der Waals surface area (Å²) < 4.78 is 46.5. The average Bonchev–Trinajstić information content (AvgIpc) is 2.31. The number of hydrogen-bond donors (Lipinski definition) is 1. The summed E-state index contributed by atoms with van der Waals surface area (Å²) in [6, 6.07) is 4.90. The van der Waals surface area contributed by atoms with Crippen molar-refractivity contribution in [2.45, 2.75) is 12.7 Å². The maximum absolute atomic E-state index is 12.1. The lowest BCUT2D eigenvalue weighted by Crippen LogP contribution is -2.20. The lowest BCUT2D eigenvalue weighted by atomic mass is 10.2. The first-order valence-corrected chi connectivity index (χ1v) is 6.38. The Morgan fingerprint density at radius 2 is 2.00 bits per heavy atom. The summed E-state index contributed by atoms with van der Waals surface area (Å²) in [7, 11) is 1.60. The molecule has 0 bridgehead atoms. The minimum absolute atomic E-state index is 0.190. The van der Waals surface area contributed by atoms with Crippen LogP contribution >= 0.6 is 15.9 Å². The number of hydrogen-bond acceptors (Lipinski definition) is 3. The fourth-order valence-corrected chi connectivity index (χ4v) is 1.90. The Morgan fingerprint density at radius 1 is 1.26 bits per heavy atom. The van der Waals surface area contributed by atoms with E-state index in [-0.39, 0.29) is 5.75 Å². The van der Waals surface area contributed by atoms with Gasteiger partial charge in [-0.05, 0) is 23.8 Å². The van der Waals surface area contributed by atoms with Crippen molar-refractivity contribution in [2.75, 3.05) is 26.9 Å². The predicted molar refractivity (Wildman–Crippen MR) is 69.3 cm³/mol. The third kappa shape index (κ3) is 7.39. The molecule has 0 atom stereocenters. The Kier molecular flexibility index (Phi) is 6.60. The highest BCUT2D eigenvalue weighted by Crippen LogP contribution is 2.24. The van der Waals surface area contributed by atoms with E-state index in [1.165, 1.54) is 6.07 Å². The molecule has 1 aromatic carbocycles. The van der Waals surface area contributed by atoms with Gasteiger partial charge in [0.2, 0.25) is 0 Å². The molecule has 3 nitrogen and oxygen atoms in total. The Hall–Kier alpha value is -0.790. The van der Waals surface area contributed by atoms with Gasteiger partial charge in [0.25, 0.3) is 0 Å². The van der Waals surface area contributed by atoms with Crippen LogP contribution in [0.15, 0.2) is 22.7 Å². The monoisotopic (exact) mass is 341 g/mol. The molecule has 0 aromatic heterocycles. The van der Waals surface area contributed by atoms with E-state index in [1.54, 1.807) is 13.2 Å². The van der Waals surface area contributed by atoms with Gasteiger partial charge in [0.05, 0.1) is 6.61 Å². The molecular weight excluding hydrogens is 327 g/mol. The summed E-state index contributed by atoms with van der Waals surface area (Å²) in [4.78, 5) is 0. The number of benzene rings is 1. The van der Waals surface area contributed by atoms with E-state index in [0.29, 0.717) is 24.2 Å². The molecule has 0 aliphatic heterocycles. The van der Waals surface area contributed by atoms with Crippen molar-refractivity contribution < 1.29 is 22.6 Å². The van der Waals surface area contributed by atoms with Gasteiger partial charge in [0, 0.05) is 24.7 Å². The Labute approximate surface area is 118 Å². The van der Waals surface area contributed by atoms with Crippen molar-refractivity contribution in [3.63, 3.8) is 0 Å². The van der Waals surface area contributed by atoms with Crippen molar-refractivity contribution in [2.24, 2.45) is 0 Å². The first-order chi connectivity index (χ1) is 8.90. The summed E-state index contributed by atoms with van der Waals surface area (Å²) in [6.07, 6.45) is -4.33.